The van der Waals surface area contributed by atoms with Crippen LogP contribution in [0.4, 0.5) is 24.1 Å². The number of nitrogens with zero attached hydrogens (tertiary/aromatic N) is 6. The predicted molar refractivity (Wildman–Crippen MR) is 170 cm³/mol. The molecule has 2 aromatic heterocycles. The number of aromatic nitrogens is 3. The Morgan fingerprint density at radius 3 is 2.61 bits per heavy atom. The van der Waals surface area contributed by atoms with Gasteiger partial charge < -0.3 is 10.6 Å². The number of likely N-dealkylation sites (N-methyl/N-ethyl adjacent to an activating group) is 1. The highest BCUT2D eigenvalue weighted by molar-refractivity contribution is 7.15. The molecule has 1 saturated heterocycles. The maximum Gasteiger partial charge on any atom is 0.427 e. The van der Waals surface area contributed by atoms with Crippen molar-refractivity contribution in [3.63, 3.8) is 0 Å². The van der Waals surface area contributed by atoms with Gasteiger partial charge in [0, 0.05) is 55.3 Å². The van der Waals surface area contributed by atoms with Crippen LogP contribution < -0.4 is 11.1 Å². The maximum atomic E-state index is 13.0. The Kier molecular flexibility index (Phi) is 8.92. The van der Waals surface area contributed by atoms with Gasteiger partial charge in [0.2, 0.25) is 5.91 Å². The number of hydrogen-bond donors (Lipinski definition) is 2. The van der Waals surface area contributed by atoms with Crippen molar-refractivity contribution in [2.75, 3.05) is 44.3 Å². The predicted octanol–water partition coefficient (Wildman–Crippen LogP) is 4.86. The van der Waals surface area contributed by atoms with Crippen LogP contribution in [0.25, 0.3) is 0 Å². The van der Waals surface area contributed by atoms with E-state index in [4.69, 9.17) is 10.7 Å². The van der Waals surface area contributed by atoms with E-state index >= 15 is 0 Å². The number of amides is 2. The highest BCUT2D eigenvalue weighted by Crippen LogP contribution is 2.40. The minimum absolute atomic E-state index is 0.00530. The molecular formula is C32H35F3N8O2S. The molecule has 2 aliphatic heterocycles. The van der Waals surface area contributed by atoms with Gasteiger partial charge in [-0.05, 0) is 50.3 Å². The average molecular weight is 653 g/mol. The van der Waals surface area contributed by atoms with Crippen molar-refractivity contribution in [3.8, 4) is 0 Å². The third-order valence-electron chi connectivity index (χ3n) is 9.07. The summed E-state index contributed by atoms with van der Waals surface area (Å²) in [5.41, 5.74) is 9.38. The number of fused-ring (bicyclic) bond motifs is 1. The summed E-state index contributed by atoms with van der Waals surface area (Å²) in [6.45, 7) is 4.71. The zero-order valence-corrected chi connectivity index (χ0v) is 26.3. The van der Waals surface area contributed by atoms with E-state index in [0.717, 1.165) is 18.7 Å². The van der Waals surface area contributed by atoms with Crippen LogP contribution in [0.5, 0.6) is 0 Å². The number of alkyl halides is 3. The molecule has 3 atom stereocenters. The molecule has 10 nitrogen and oxygen atoms in total. The SMILES string of the molecule is CC1c2ncnc(N)c2C(c2ccc(C(=O)Nc3ncc(C(F)(F)F)s3)cc2)=NCC1C1CCN(C(=O)C=CCN(C)C2CC2)C1. The first-order chi connectivity index (χ1) is 22.0. The van der Waals surface area contributed by atoms with Crippen molar-refractivity contribution in [1.82, 2.24) is 24.8 Å². The van der Waals surface area contributed by atoms with Crippen LogP contribution in [-0.2, 0) is 11.0 Å². The summed E-state index contributed by atoms with van der Waals surface area (Å²) < 4.78 is 38.8. The van der Waals surface area contributed by atoms with Crippen LogP contribution >= 0.6 is 11.3 Å². The number of likely N-dealkylation sites (tertiary alicyclic amines) is 1. The molecule has 3 aliphatic rings. The van der Waals surface area contributed by atoms with E-state index in [1.54, 1.807) is 30.3 Å². The van der Waals surface area contributed by atoms with Crippen LogP contribution in [0.2, 0.25) is 0 Å². The second kappa shape index (κ2) is 12.9. The van der Waals surface area contributed by atoms with Crippen molar-refractivity contribution >= 4 is 39.8 Å². The zero-order chi connectivity index (χ0) is 32.6. The van der Waals surface area contributed by atoms with Crippen molar-refractivity contribution in [3.05, 3.63) is 76.2 Å². The molecular weight excluding hydrogens is 617 g/mol. The van der Waals surface area contributed by atoms with Crippen LogP contribution in [0.15, 0.2) is 53.9 Å². The second-order valence-electron chi connectivity index (χ2n) is 12.1. The quantitative estimate of drug-likeness (QED) is 0.333. The number of hydrogen-bond acceptors (Lipinski definition) is 9. The van der Waals surface area contributed by atoms with Gasteiger partial charge in [-0.25, -0.2) is 15.0 Å². The van der Waals surface area contributed by atoms with Crippen LogP contribution in [0.1, 0.15) is 64.2 Å². The fraction of sp³-hybridized carbons (Fsp3) is 0.438. The van der Waals surface area contributed by atoms with E-state index in [2.05, 4.69) is 39.1 Å². The number of aliphatic imine (C=N–C) groups is 1. The van der Waals surface area contributed by atoms with E-state index in [1.807, 2.05) is 11.0 Å². The van der Waals surface area contributed by atoms with Crippen LogP contribution in [-0.4, -0.2) is 81.5 Å². The number of benzene rings is 1. The molecule has 2 fully saturated rings. The number of carbonyl (C=O) groups is 2. The van der Waals surface area contributed by atoms with Gasteiger partial charge in [0.05, 0.1) is 23.2 Å². The zero-order valence-electron chi connectivity index (χ0n) is 25.5. The van der Waals surface area contributed by atoms with Crippen molar-refractivity contribution in [2.45, 2.75) is 44.3 Å². The van der Waals surface area contributed by atoms with Crippen LogP contribution in [0.3, 0.4) is 0 Å². The fourth-order valence-corrected chi connectivity index (χ4v) is 6.95. The van der Waals surface area contributed by atoms with Gasteiger partial charge in [0.1, 0.15) is 17.0 Å². The van der Waals surface area contributed by atoms with Gasteiger partial charge in [-0.1, -0.05) is 36.5 Å². The molecule has 46 heavy (non-hydrogen) atoms. The molecule has 0 radical (unpaired) electrons. The number of thiazole rings is 1. The third-order valence-corrected chi connectivity index (χ3v) is 10.0. The second-order valence-corrected chi connectivity index (χ2v) is 13.2. The normalized spacial score (nSPS) is 21.7. The molecule has 3 aromatic rings. The summed E-state index contributed by atoms with van der Waals surface area (Å²) in [7, 11) is 2.09. The van der Waals surface area contributed by atoms with Gasteiger partial charge in [-0.15, -0.1) is 0 Å². The molecule has 1 aliphatic carbocycles. The summed E-state index contributed by atoms with van der Waals surface area (Å²) in [4.78, 5) is 46.6. The molecule has 242 valence electrons. The number of anilines is 2. The summed E-state index contributed by atoms with van der Waals surface area (Å²) in [5.74, 6) is 0.0752. The minimum Gasteiger partial charge on any atom is -0.383 e. The monoisotopic (exact) mass is 652 g/mol. The first-order valence-corrected chi connectivity index (χ1v) is 16.1. The standard InChI is InChI=1S/C32H35F3N8O2S/c1-18-23(21-11-13-43(16-21)25(44)4-3-12-42(2)22-9-10-22)14-37-28(26-27(18)39-17-40-29(26)36)19-5-7-20(8-6-19)30(45)41-31-38-15-24(46-31)32(33,34)35/h3-8,15,17-18,21-23H,9-14,16H2,1-2H3,(H2,36,39,40)(H,38,41,45). The first kappa shape index (κ1) is 31.8. The summed E-state index contributed by atoms with van der Waals surface area (Å²) in [6, 6.07) is 7.24. The minimum atomic E-state index is -4.53. The lowest BCUT2D eigenvalue weighted by Crippen LogP contribution is -2.30. The van der Waals surface area contributed by atoms with Gasteiger partial charge in [0.25, 0.3) is 5.91 Å². The lowest BCUT2D eigenvalue weighted by atomic mass is 9.79. The van der Waals surface area contributed by atoms with E-state index in [1.165, 1.54) is 19.2 Å². The third kappa shape index (κ3) is 6.82. The van der Waals surface area contributed by atoms with Crippen LogP contribution in [0, 0.1) is 11.8 Å². The van der Waals surface area contributed by atoms with Crippen molar-refractivity contribution < 1.29 is 22.8 Å². The summed E-state index contributed by atoms with van der Waals surface area (Å²) in [6.07, 6.45) is 4.58. The van der Waals surface area contributed by atoms with E-state index in [-0.39, 0.29) is 34.4 Å². The highest BCUT2D eigenvalue weighted by atomic mass is 32.1. The molecule has 14 heteroatoms. The van der Waals surface area contributed by atoms with Gasteiger partial charge in [0.15, 0.2) is 5.13 Å². The lowest BCUT2D eigenvalue weighted by Gasteiger charge is -2.27. The molecule has 2 amide bonds. The Labute approximate surface area is 268 Å². The topological polar surface area (TPSA) is 130 Å². The molecule has 0 spiro atoms. The maximum absolute atomic E-state index is 13.0. The van der Waals surface area contributed by atoms with Crippen molar-refractivity contribution in [2.24, 2.45) is 16.8 Å². The Balaban J connectivity index is 1.17. The Bertz CT molecular complexity index is 1670. The number of nitrogens with two attached hydrogens (primary N) is 1. The fourth-order valence-electron chi connectivity index (χ4n) is 6.27. The number of carbonyl (C=O) groups excluding carboxylic acids is 2. The Hall–Kier alpha value is -4.17. The van der Waals surface area contributed by atoms with Gasteiger partial charge in [-0.3, -0.25) is 24.8 Å². The molecule has 1 aromatic carbocycles. The van der Waals surface area contributed by atoms with Gasteiger partial charge >= 0.3 is 6.18 Å². The van der Waals surface area contributed by atoms with Gasteiger partial charge in [-0.2, -0.15) is 13.2 Å². The number of nitrogen functional groups attached to an aromatic ring is 1. The van der Waals surface area contributed by atoms with Crippen molar-refractivity contribution in [1.29, 1.82) is 0 Å². The molecule has 1 saturated carbocycles. The number of rotatable bonds is 8. The van der Waals surface area contributed by atoms with E-state index in [9.17, 15) is 22.8 Å². The Morgan fingerprint density at radius 2 is 1.91 bits per heavy atom. The molecule has 3 unspecified atom stereocenters. The molecule has 0 bridgehead atoms. The van der Waals surface area contributed by atoms with E-state index in [0.29, 0.717) is 65.9 Å². The summed E-state index contributed by atoms with van der Waals surface area (Å²) in [5, 5.41) is 2.28. The largest absolute Gasteiger partial charge is 0.427 e. The smallest absolute Gasteiger partial charge is 0.383 e. The average Bonchev–Trinajstić information content (AvgIpc) is 3.62. The first-order valence-electron chi connectivity index (χ1n) is 15.2. The molecule has 6 rings (SSSR count). The number of halogens is 3. The Morgan fingerprint density at radius 1 is 1.15 bits per heavy atom. The number of nitrogens with one attached hydrogen (secondary N) is 1. The molecule has 4 heterocycles. The lowest BCUT2D eigenvalue weighted by molar-refractivity contribution is -0.134. The van der Waals surface area contributed by atoms with E-state index < -0.39 is 17.0 Å². The molecule has 3 N–H and O–H groups in total. The highest BCUT2D eigenvalue weighted by Gasteiger charge is 2.38. The summed E-state index contributed by atoms with van der Waals surface area (Å²) >= 11 is 0.363.